The molecule has 0 bridgehead atoms. The quantitative estimate of drug-likeness (QED) is 0.255. The number of carbonyl (C=O) groups is 1. The van der Waals surface area contributed by atoms with E-state index in [1.807, 2.05) is 66.7 Å². The third-order valence-electron chi connectivity index (χ3n) is 6.92. The number of halogens is 1. The Labute approximate surface area is 228 Å². The van der Waals surface area contributed by atoms with Crippen LogP contribution in [0.4, 0.5) is 4.39 Å². The van der Waals surface area contributed by atoms with Crippen LogP contribution in [0.25, 0.3) is 27.9 Å². The summed E-state index contributed by atoms with van der Waals surface area (Å²) in [4.78, 5) is 30.6. The lowest BCUT2D eigenvalue weighted by molar-refractivity contribution is 0.0992. The van der Waals surface area contributed by atoms with E-state index >= 15 is 4.39 Å². The predicted octanol–water partition coefficient (Wildman–Crippen LogP) is 5.46. The Hall–Kier alpha value is -5.31. The molecule has 6 rings (SSSR count). The summed E-state index contributed by atoms with van der Waals surface area (Å²) < 4.78 is 25.9. The van der Waals surface area contributed by atoms with Gasteiger partial charge in [0.15, 0.2) is 17.3 Å². The van der Waals surface area contributed by atoms with E-state index in [1.54, 1.807) is 35.6 Å². The van der Waals surface area contributed by atoms with Crippen molar-refractivity contribution in [3.63, 3.8) is 0 Å². The van der Waals surface area contributed by atoms with Gasteiger partial charge in [-0.1, -0.05) is 66.7 Å². The van der Waals surface area contributed by atoms with Crippen LogP contribution in [0, 0.1) is 5.82 Å². The van der Waals surface area contributed by atoms with E-state index in [-0.39, 0.29) is 23.6 Å². The van der Waals surface area contributed by atoms with E-state index in [1.165, 1.54) is 23.1 Å². The molecule has 3 heterocycles. The average Bonchev–Trinajstić information content (AvgIpc) is 3.51. The van der Waals surface area contributed by atoms with Gasteiger partial charge in [0, 0.05) is 37.8 Å². The molecule has 0 unspecified atom stereocenters. The van der Waals surface area contributed by atoms with Gasteiger partial charge in [0.1, 0.15) is 17.4 Å². The molecule has 0 aliphatic heterocycles. The first-order chi connectivity index (χ1) is 19.4. The second-order valence-electron chi connectivity index (χ2n) is 9.36. The Kier molecular flexibility index (Phi) is 6.31. The van der Waals surface area contributed by atoms with Gasteiger partial charge in [0.05, 0.1) is 5.69 Å². The number of hydrogen-bond donors (Lipinski definition) is 0. The highest BCUT2D eigenvalue weighted by Crippen LogP contribution is 2.33. The second kappa shape index (κ2) is 10.1. The zero-order valence-corrected chi connectivity index (χ0v) is 21.8. The molecule has 0 amide bonds. The first-order valence-electron chi connectivity index (χ1n) is 12.6. The number of carbonyl (C=O) groups excluding carboxylic acids is 1. The minimum atomic E-state index is -0.654. The van der Waals surface area contributed by atoms with Crippen LogP contribution in [0.3, 0.4) is 0 Å². The number of rotatable bonds is 7. The lowest BCUT2D eigenvalue weighted by Gasteiger charge is -2.10. The first-order valence-corrected chi connectivity index (χ1v) is 12.6. The molecule has 9 heteroatoms. The van der Waals surface area contributed by atoms with E-state index in [4.69, 9.17) is 4.74 Å². The van der Waals surface area contributed by atoms with Gasteiger partial charge in [-0.3, -0.25) is 19.0 Å². The van der Waals surface area contributed by atoms with E-state index in [0.29, 0.717) is 16.8 Å². The monoisotopic (exact) mass is 533 g/mol. The van der Waals surface area contributed by atoms with Crippen LogP contribution in [0.2, 0.25) is 0 Å². The first kappa shape index (κ1) is 25.0. The summed E-state index contributed by atoms with van der Waals surface area (Å²) >= 11 is 0. The highest BCUT2D eigenvalue weighted by atomic mass is 19.1. The maximum absolute atomic E-state index is 15.3. The summed E-state index contributed by atoms with van der Waals surface area (Å²) in [6, 6.07) is 25.2. The fourth-order valence-corrected chi connectivity index (χ4v) is 4.86. The SMILES string of the molecule is Cn1c(-c2ccccc2)c(C(=O)Cc2ccc(Oc3ncnn4ccc(-c5ccccc5)c34)c(F)c2)c(=O)n1C. The Morgan fingerprint density at radius 1 is 0.900 bits per heavy atom. The summed E-state index contributed by atoms with van der Waals surface area (Å²) in [5.41, 5.74) is 3.74. The van der Waals surface area contributed by atoms with Crippen molar-refractivity contribution in [2.24, 2.45) is 14.1 Å². The van der Waals surface area contributed by atoms with Crippen LogP contribution in [0.5, 0.6) is 11.6 Å². The number of aromatic nitrogens is 5. The molecule has 3 aromatic heterocycles. The molecule has 3 aromatic carbocycles. The van der Waals surface area contributed by atoms with Gasteiger partial charge in [0.2, 0.25) is 5.88 Å². The molecule has 6 aromatic rings. The zero-order chi connectivity index (χ0) is 27.8. The van der Waals surface area contributed by atoms with Crippen LogP contribution in [0.1, 0.15) is 15.9 Å². The van der Waals surface area contributed by atoms with E-state index in [2.05, 4.69) is 10.1 Å². The summed E-state index contributed by atoms with van der Waals surface area (Å²) in [6.45, 7) is 0. The van der Waals surface area contributed by atoms with Crippen molar-refractivity contribution >= 4 is 11.3 Å². The van der Waals surface area contributed by atoms with Crippen LogP contribution >= 0.6 is 0 Å². The van der Waals surface area contributed by atoms with Gasteiger partial charge in [-0.15, -0.1) is 0 Å². The molecule has 40 heavy (non-hydrogen) atoms. The number of ether oxygens (including phenoxy) is 1. The summed E-state index contributed by atoms with van der Waals surface area (Å²) in [5.74, 6) is -0.898. The number of nitrogens with zero attached hydrogens (tertiary/aromatic N) is 5. The number of hydrogen-bond acceptors (Lipinski definition) is 5. The molecule has 198 valence electrons. The minimum absolute atomic E-state index is 0.0439. The van der Waals surface area contributed by atoms with Gasteiger partial charge in [-0.05, 0) is 29.3 Å². The molecule has 0 spiro atoms. The van der Waals surface area contributed by atoms with Crippen LogP contribution in [-0.4, -0.2) is 29.7 Å². The van der Waals surface area contributed by atoms with Crippen molar-refractivity contribution in [1.29, 1.82) is 0 Å². The summed E-state index contributed by atoms with van der Waals surface area (Å²) in [5, 5.41) is 4.24. The lowest BCUT2D eigenvalue weighted by Crippen LogP contribution is -2.21. The standard InChI is InChI=1S/C31H24FN5O3/c1-35-28(22-11-7-4-8-12-22)27(31(39)36(35)2)25(38)18-20-13-14-26(24(32)17-20)40-30-29-23(21-9-5-3-6-10-21)15-16-37(29)34-19-33-30/h3-17,19H,18H2,1-2H3. The summed E-state index contributed by atoms with van der Waals surface area (Å²) in [7, 11) is 3.33. The molecule has 0 saturated heterocycles. The van der Waals surface area contributed by atoms with E-state index in [9.17, 15) is 9.59 Å². The van der Waals surface area contributed by atoms with Crippen molar-refractivity contribution in [3.8, 4) is 34.0 Å². The number of fused-ring (bicyclic) bond motifs is 1. The normalized spacial score (nSPS) is 11.2. The maximum Gasteiger partial charge on any atom is 0.277 e. The van der Waals surface area contributed by atoms with Gasteiger partial charge in [0.25, 0.3) is 5.56 Å². The number of Topliss-reactive ketones (excluding diaryl/α,β-unsaturated/α-hetero) is 1. The second-order valence-corrected chi connectivity index (χ2v) is 9.36. The van der Waals surface area contributed by atoms with Crippen molar-refractivity contribution in [1.82, 2.24) is 24.0 Å². The van der Waals surface area contributed by atoms with Crippen molar-refractivity contribution in [2.75, 3.05) is 0 Å². The van der Waals surface area contributed by atoms with Crippen molar-refractivity contribution < 1.29 is 13.9 Å². The van der Waals surface area contributed by atoms with Crippen LogP contribution < -0.4 is 10.3 Å². The maximum atomic E-state index is 15.3. The molecule has 0 atom stereocenters. The number of benzene rings is 3. The molecule has 0 aliphatic carbocycles. The highest BCUT2D eigenvalue weighted by molar-refractivity contribution is 6.02. The molecule has 0 N–H and O–H groups in total. The molecular formula is C31H24FN5O3. The lowest BCUT2D eigenvalue weighted by atomic mass is 10.00. The van der Waals surface area contributed by atoms with E-state index in [0.717, 1.165) is 16.7 Å². The molecular weight excluding hydrogens is 509 g/mol. The van der Waals surface area contributed by atoms with Gasteiger partial charge in [-0.2, -0.15) is 10.1 Å². The molecule has 0 fully saturated rings. The molecule has 0 saturated carbocycles. The Bertz CT molecular complexity index is 1920. The van der Waals surface area contributed by atoms with Gasteiger partial charge < -0.3 is 4.74 Å². The molecule has 0 aliphatic rings. The third kappa shape index (κ3) is 4.37. The third-order valence-corrected chi connectivity index (χ3v) is 6.92. The van der Waals surface area contributed by atoms with E-state index < -0.39 is 17.2 Å². The number of ketones is 1. The topological polar surface area (TPSA) is 83.4 Å². The van der Waals surface area contributed by atoms with Crippen LogP contribution in [0.15, 0.2) is 102 Å². The van der Waals surface area contributed by atoms with Gasteiger partial charge >= 0.3 is 0 Å². The smallest absolute Gasteiger partial charge is 0.277 e. The van der Waals surface area contributed by atoms with Crippen molar-refractivity contribution in [3.05, 3.63) is 125 Å². The Morgan fingerprint density at radius 3 is 2.30 bits per heavy atom. The zero-order valence-electron chi connectivity index (χ0n) is 21.8. The fraction of sp³-hybridized carbons (Fsp3) is 0.0968. The summed E-state index contributed by atoms with van der Waals surface area (Å²) in [6.07, 6.45) is 2.98. The van der Waals surface area contributed by atoms with Crippen molar-refractivity contribution in [2.45, 2.75) is 6.42 Å². The minimum Gasteiger partial charge on any atom is -0.434 e. The van der Waals surface area contributed by atoms with Gasteiger partial charge in [-0.25, -0.2) is 8.91 Å². The average molecular weight is 534 g/mol. The fourth-order valence-electron chi connectivity index (χ4n) is 4.86. The Balaban J connectivity index is 1.30. The largest absolute Gasteiger partial charge is 0.434 e. The van der Waals surface area contributed by atoms with Crippen LogP contribution in [-0.2, 0) is 20.5 Å². The Morgan fingerprint density at radius 2 is 1.60 bits per heavy atom. The molecule has 8 nitrogen and oxygen atoms in total. The predicted molar refractivity (Wildman–Crippen MR) is 149 cm³/mol. The molecule has 0 radical (unpaired) electrons. The highest BCUT2D eigenvalue weighted by Gasteiger charge is 2.24.